The van der Waals surface area contributed by atoms with Crippen LogP contribution in [0.2, 0.25) is 5.02 Å². The van der Waals surface area contributed by atoms with Crippen LogP contribution in [0, 0.1) is 12.7 Å². The van der Waals surface area contributed by atoms with Gasteiger partial charge in [0, 0.05) is 10.6 Å². The first kappa shape index (κ1) is 12.6. The Hall–Kier alpha value is -0.860. The van der Waals surface area contributed by atoms with Gasteiger partial charge in [-0.05, 0) is 30.2 Å². The molecule has 0 aliphatic heterocycles. The van der Waals surface area contributed by atoms with Crippen molar-refractivity contribution in [2.45, 2.75) is 11.8 Å². The van der Waals surface area contributed by atoms with Crippen molar-refractivity contribution in [3.63, 3.8) is 0 Å². The predicted octanol–water partition coefficient (Wildman–Crippen LogP) is 5.27. The molecule has 0 aliphatic rings. The molecule has 17 heavy (non-hydrogen) atoms. The van der Waals surface area contributed by atoms with Gasteiger partial charge in [-0.1, -0.05) is 57.9 Å². The lowest BCUT2D eigenvalue weighted by atomic mass is 10.0. The molecule has 0 saturated carbocycles. The van der Waals surface area contributed by atoms with Gasteiger partial charge in [0.1, 0.15) is 5.82 Å². The number of hydrogen-bond acceptors (Lipinski definition) is 0. The van der Waals surface area contributed by atoms with E-state index in [9.17, 15) is 4.39 Å². The van der Waals surface area contributed by atoms with Crippen molar-refractivity contribution < 1.29 is 4.39 Å². The van der Waals surface area contributed by atoms with Crippen LogP contribution in [0.5, 0.6) is 0 Å². The Bertz CT molecular complexity index is 522. The molecule has 1 unspecified atom stereocenters. The first-order chi connectivity index (χ1) is 8.09. The van der Waals surface area contributed by atoms with Crippen LogP contribution in [-0.4, -0.2) is 0 Å². The maximum atomic E-state index is 14.0. The van der Waals surface area contributed by atoms with E-state index in [4.69, 9.17) is 11.6 Å². The van der Waals surface area contributed by atoms with Crippen molar-refractivity contribution in [1.29, 1.82) is 0 Å². The Balaban J connectivity index is 2.40. The van der Waals surface area contributed by atoms with E-state index in [1.807, 2.05) is 18.2 Å². The number of alkyl halides is 1. The van der Waals surface area contributed by atoms with Gasteiger partial charge in [-0.25, -0.2) is 4.39 Å². The molecule has 0 nitrogen and oxygen atoms in total. The van der Waals surface area contributed by atoms with Crippen molar-refractivity contribution in [2.75, 3.05) is 0 Å². The molecule has 0 aliphatic carbocycles. The molecule has 0 radical (unpaired) electrons. The smallest absolute Gasteiger partial charge is 0.130 e. The van der Waals surface area contributed by atoms with Gasteiger partial charge < -0.3 is 0 Å². The normalized spacial score (nSPS) is 12.5. The van der Waals surface area contributed by atoms with Gasteiger partial charge >= 0.3 is 0 Å². The van der Waals surface area contributed by atoms with Crippen LogP contribution >= 0.6 is 27.5 Å². The van der Waals surface area contributed by atoms with Gasteiger partial charge in [0.25, 0.3) is 0 Å². The number of rotatable bonds is 2. The van der Waals surface area contributed by atoms with Crippen molar-refractivity contribution in [3.8, 4) is 0 Å². The summed E-state index contributed by atoms with van der Waals surface area (Å²) in [6, 6.07) is 12.8. The molecule has 0 heterocycles. The van der Waals surface area contributed by atoms with E-state index in [2.05, 4.69) is 15.9 Å². The molecule has 2 rings (SSSR count). The van der Waals surface area contributed by atoms with Gasteiger partial charge in [0.2, 0.25) is 0 Å². The Morgan fingerprint density at radius 1 is 1.12 bits per heavy atom. The number of hydrogen-bond donors (Lipinski definition) is 0. The Morgan fingerprint density at radius 2 is 1.76 bits per heavy atom. The first-order valence-corrected chi connectivity index (χ1v) is 6.53. The van der Waals surface area contributed by atoms with Crippen LogP contribution < -0.4 is 0 Å². The summed E-state index contributed by atoms with van der Waals surface area (Å²) in [4.78, 5) is -0.153. The van der Waals surface area contributed by atoms with Gasteiger partial charge in [0.15, 0.2) is 0 Å². The number of aryl methyl sites for hydroxylation is 1. The molecule has 0 bridgehead atoms. The van der Waals surface area contributed by atoms with E-state index in [1.54, 1.807) is 31.2 Å². The largest absolute Gasteiger partial charge is 0.206 e. The minimum Gasteiger partial charge on any atom is -0.206 e. The van der Waals surface area contributed by atoms with Crippen LogP contribution in [0.15, 0.2) is 42.5 Å². The fourth-order valence-corrected chi connectivity index (χ4v) is 2.46. The maximum absolute atomic E-state index is 14.0. The van der Waals surface area contributed by atoms with Crippen LogP contribution in [-0.2, 0) is 0 Å². The average Bonchev–Trinajstić information content (AvgIpc) is 2.33. The molecule has 2 aromatic carbocycles. The second kappa shape index (κ2) is 5.19. The summed E-state index contributed by atoms with van der Waals surface area (Å²) in [5.74, 6) is -0.163. The van der Waals surface area contributed by atoms with Gasteiger partial charge in [0.05, 0.1) is 4.83 Å². The molecule has 0 saturated heterocycles. The lowest BCUT2D eigenvalue weighted by molar-refractivity contribution is 0.604. The third kappa shape index (κ3) is 2.70. The average molecular weight is 314 g/mol. The highest BCUT2D eigenvalue weighted by Gasteiger charge is 2.15. The molecule has 0 N–H and O–H groups in total. The quantitative estimate of drug-likeness (QED) is 0.662. The maximum Gasteiger partial charge on any atom is 0.130 e. The standard InChI is InChI=1S/C14H11BrClF/c1-9-3-2-4-12(14(9)17)13(15)10-5-7-11(16)8-6-10/h2-8,13H,1H3. The first-order valence-electron chi connectivity index (χ1n) is 5.24. The van der Waals surface area contributed by atoms with Crippen molar-refractivity contribution in [3.05, 3.63) is 70.0 Å². The molecule has 1 atom stereocenters. The Labute approximate surface area is 114 Å². The molecule has 88 valence electrons. The molecular weight excluding hydrogens is 303 g/mol. The van der Waals surface area contributed by atoms with Crippen molar-refractivity contribution >= 4 is 27.5 Å². The third-order valence-corrected chi connectivity index (χ3v) is 3.93. The van der Waals surface area contributed by atoms with E-state index in [0.29, 0.717) is 16.1 Å². The monoisotopic (exact) mass is 312 g/mol. The topological polar surface area (TPSA) is 0 Å². The fourth-order valence-electron chi connectivity index (χ4n) is 1.68. The predicted molar refractivity (Wildman–Crippen MR) is 73.4 cm³/mol. The van der Waals surface area contributed by atoms with Gasteiger partial charge in [-0.3, -0.25) is 0 Å². The summed E-state index contributed by atoms with van der Waals surface area (Å²) in [6.07, 6.45) is 0. The summed E-state index contributed by atoms with van der Waals surface area (Å²) in [7, 11) is 0. The van der Waals surface area contributed by atoms with Gasteiger partial charge in [-0.15, -0.1) is 0 Å². The summed E-state index contributed by atoms with van der Waals surface area (Å²) in [5.41, 5.74) is 2.28. The second-order valence-corrected chi connectivity index (χ2v) is 5.24. The Kier molecular flexibility index (Phi) is 3.85. The highest BCUT2D eigenvalue weighted by atomic mass is 79.9. The van der Waals surface area contributed by atoms with Crippen molar-refractivity contribution in [2.24, 2.45) is 0 Å². The zero-order valence-electron chi connectivity index (χ0n) is 9.25. The molecule has 0 spiro atoms. The van der Waals surface area contributed by atoms with E-state index in [0.717, 1.165) is 5.56 Å². The Morgan fingerprint density at radius 3 is 2.41 bits per heavy atom. The molecule has 0 fully saturated rings. The third-order valence-electron chi connectivity index (χ3n) is 2.66. The zero-order chi connectivity index (χ0) is 12.4. The minimum atomic E-state index is -0.163. The lowest BCUT2D eigenvalue weighted by Crippen LogP contribution is -1.98. The number of benzene rings is 2. The van der Waals surface area contributed by atoms with E-state index in [-0.39, 0.29) is 10.6 Å². The van der Waals surface area contributed by atoms with Crippen molar-refractivity contribution in [1.82, 2.24) is 0 Å². The van der Waals surface area contributed by atoms with Gasteiger partial charge in [-0.2, -0.15) is 0 Å². The van der Waals surface area contributed by atoms with E-state index < -0.39 is 0 Å². The molecule has 0 amide bonds. The minimum absolute atomic E-state index is 0.153. The lowest BCUT2D eigenvalue weighted by Gasteiger charge is -2.13. The molecular formula is C14H11BrClF. The second-order valence-electron chi connectivity index (χ2n) is 3.89. The SMILES string of the molecule is Cc1cccc(C(Br)c2ccc(Cl)cc2)c1F. The van der Waals surface area contributed by atoms with E-state index >= 15 is 0 Å². The van der Waals surface area contributed by atoms with Crippen LogP contribution in [0.1, 0.15) is 21.5 Å². The van der Waals surface area contributed by atoms with E-state index in [1.165, 1.54) is 0 Å². The summed E-state index contributed by atoms with van der Waals surface area (Å²) < 4.78 is 14.0. The molecule has 3 heteroatoms. The summed E-state index contributed by atoms with van der Waals surface area (Å²) in [5, 5.41) is 0.679. The van der Waals surface area contributed by atoms with Crippen LogP contribution in [0.4, 0.5) is 4.39 Å². The number of halogens is 3. The highest BCUT2D eigenvalue weighted by Crippen LogP contribution is 2.33. The molecule has 0 aromatic heterocycles. The fraction of sp³-hybridized carbons (Fsp3) is 0.143. The van der Waals surface area contributed by atoms with Crippen LogP contribution in [0.25, 0.3) is 0 Å². The highest BCUT2D eigenvalue weighted by molar-refractivity contribution is 9.09. The summed E-state index contributed by atoms with van der Waals surface area (Å²) in [6.45, 7) is 1.76. The summed E-state index contributed by atoms with van der Waals surface area (Å²) >= 11 is 9.35. The zero-order valence-corrected chi connectivity index (χ0v) is 11.6. The van der Waals surface area contributed by atoms with Crippen LogP contribution in [0.3, 0.4) is 0 Å². The molecule has 2 aromatic rings.